The summed E-state index contributed by atoms with van der Waals surface area (Å²) in [6.07, 6.45) is 3.44. The minimum atomic E-state index is -0.544. The fourth-order valence-corrected chi connectivity index (χ4v) is 4.01. The molecule has 8 heteroatoms. The number of phenols is 1. The Balaban J connectivity index is 1.53. The Morgan fingerprint density at radius 1 is 1.03 bits per heavy atom. The third kappa shape index (κ3) is 6.39. The van der Waals surface area contributed by atoms with E-state index in [1.807, 2.05) is 30.3 Å². The number of methoxy groups -OCH3 is 1. The molecule has 0 saturated carbocycles. The zero-order valence-electron chi connectivity index (χ0n) is 19.9. The number of aromatic nitrogens is 1. The van der Waals surface area contributed by atoms with Crippen molar-refractivity contribution in [2.75, 3.05) is 12.4 Å². The molecule has 0 fully saturated rings. The average Bonchev–Trinajstić information content (AvgIpc) is 2.90. The van der Waals surface area contributed by atoms with Gasteiger partial charge in [-0.25, -0.2) is 9.78 Å². The normalized spacial score (nSPS) is 11.0. The molecule has 0 radical (unpaired) electrons. The minimum absolute atomic E-state index is 0.119. The quantitative estimate of drug-likeness (QED) is 0.174. The van der Waals surface area contributed by atoms with Crippen LogP contribution in [0, 0.1) is 0 Å². The molecule has 7 nitrogen and oxygen atoms in total. The first-order valence-corrected chi connectivity index (χ1v) is 11.8. The lowest BCUT2D eigenvalue weighted by Gasteiger charge is -2.11. The van der Waals surface area contributed by atoms with E-state index >= 15 is 0 Å². The first kappa shape index (κ1) is 25.6. The summed E-state index contributed by atoms with van der Waals surface area (Å²) < 4.78 is 4.65. The lowest BCUT2D eigenvalue weighted by atomic mass is 10.0. The van der Waals surface area contributed by atoms with E-state index in [0.29, 0.717) is 23.1 Å². The molecule has 0 aliphatic carbocycles. The van der Waals surface area contributed by atoms with Gasteiger partial charge < -0.3 is 15.2 Å². The number of para-hydroxylation sites is 1. The molecule has 2 N–H and O–H groups in total. The number of carbonyl (C=O) groups is 3. The summed E-state index contributed by atoms with van der Waals surface area (Å²) in [5.74, 6) is -0.805. The van der Waals surface area contributed by atoms with Crippen LogP contribution in [0.4, 0.5) is 5.82 Å². The Hall–Kier alpha value is -4.49. The molecule has 37 heavy (non-hydrogen) atoms. The van der Waals surface area contributed by atoms with E-state index in [1.165, 1.54) is 31.4 Å². The van der Waals surface area contributed by atoms with Crippen molar-refractivity contribution in [3.05, 3.63) is 106 Å². The average molecular weight is 515 g/mol. The Bertz CT molecular complexity index is 1530. The number of ketones is 1. The third-order valence-electron chi connectivity index (χ3n) is 5.67. The molecule has 0 spiro atoms. The zero-order chi connectivity index (χ0) is 26.4. The standard InChI is InChI=1S/C29H23ClN2O5/c1-37-27(35)14-11-21-16-19-6-2-3-8-25(19)31-28(21)32-29(36)23-12-10-20(17-24(23)30)26(34)13-9-18-5-4-7-22(33)15-18/h2-8,10-12,14-17,33H,9,13H2,1H3,(H,31,32,36)/b14-11-. The van der Waals surface area contributed by atoms with Gasteiger partial charge in [-0.2, -0.15) is 0 Å². The van der Waals surface area contributed by atoms with Gasteiger partial charge >= 0.3 is 5.97 Å². The number of halogens is 1. The van der Waals surface area contributed by atoms with E-state index in [0.717, 1.165) is 10.9 Å². The van der Waals surface area contributed by atoms with E-state index in [-0.39, 0.29) is 34.4 Å². The van der Waals surface area contributed by atoms with Crippen LogP contribution in [0.3, 0.4) is 0 Å². The van der Waals surface area contributed by atoms with Crippen LogP contribution >= 0.6 is 11.6 Å². The monoisotopic (exact) mass is 514 g/mol. The first-order chi connectivity index (χ1) is 17.8. The maximum absolute atomic E-state index is 13.1. The molecular formula is C29H23ClN2O5. The summed E-state index contributed by atoms with van der Waals surface area (Å²) in [6.45, 7) is 0. The summed E-state index contributed by atoms with van der Waals surface area (Å²) in [4.78, 5) is 41.9. The number of hydrogen-bond donors (Lipinski definition) is 2. The molecule has 4 rings (SSSR count). The van der Waals surface area contributed by atoms with Gasteiger partial charge in [-0.3, -0.25) is 9.59 Å². The summed E-state index contributed by atoms with van der Waals surface area (Å²) in [6, 6.07) is 20.4. The number of benzene rings is 3. The van der Waals surface area contributed by atoms with Crippen molar-refractivity contribution < 1.29 is 24.2 Å². The van der Waals surface area contributed by atoms with Crippen LogP contribution < -0.4 is 5.32 Å². The van der Waals surface area contributed by atoms with Crippen LogP contribution in [0.15, 0.2) is 78.9 Å². The molecule has 0 unspecified atom stereocenters. The number of fused-ring (bicyclic) bond motifs is 1. The summed E-state index contributed by atoms with van der Waals surface area (Å²) in [7, 11) is 1.27. The number of ether oxygens (including phenoxy) is 1. The molecule has 1 heterocycles. The molecule has 1 amide bonds. The smallest absolute Gasteiger partial charge is 0.330 e. The van der Waals surface area contributed by atoms with Crippen LogP contribution in [-0.4, -0.2) is 34.9 Å². The Kier molecular flexibility index (Phi) is 7.95. The van der Waals surface area contributed by atoms with Gasteiger partial charge in [0, 0.05) is 29.0 Å². The largest absolute Gasteiger partial charge is 0.508 e. The number of nitrogens with zero attached hydrogens (tertiary/aromatic N) is 1. The van der Waals surface area contributed by atoms with Gasteiger partial charge in [0.15, 0.2) is 5.78 Å². The van der Waals surface area contributed by atoms with Crippen molar-refractivity contribution in [1.29, 1.82) is 0 Å². The van der Waals surface area contributed by atoms with Crippen molar-refractivity contribution in [2.24, 2.45) is 0 Å². The van der Waals surface area contributed by atoms with Gasteiger partial charge in [-0.05, 0) is 54.5 Å². The first-order valence-electron chi connectivity index (χ1n) is 11.4. The van der Waals surface area contributed by atoms with Gasteiger partial charge in [-0.1, -0.05) is 48.0 Å². The molecule has 0 saturated heterocycles. The second kappa shape index (κ2) is 11.5. The van der Waals surface area contributed by atoms with Gasteiger partial charge in [0.25, 0.3) is 5.91 Å². The predicted octanol–water partition coefficient (Wildman–Crippen LogP) is 5.85. The zero-order valence-corrected chi connectivity index (χ0v) is 20.7. The van der Waals surface area contributed by atoms with Crippen LogP contribution in [0.1, 0.15) is 38.3 Å². The molecular weight excluding hydrogens is 492 g/mol. The van der Waals surface area contributed by atoms with Crippen LogP contribution in [-0.2, 0) is 16.0 Å². The number of esters is 1. The van der Waals surface area contributed by atoms with Crippen LogP contribution in [0.2, 0.25) is 5.02 Å². The highest BCUT2D eigenvalue weighted by atomic mass is 35.5. The highest BCUT2D eigenvalue weighted by Gasteiger charge is 2.16. The SMILES string of the molecule is COC(=O)/C=C\c1cc2ccccc2nc1NC(=O)c1ccc(C(=O)CCc2cccc(O)c2)cc1Cl. The van der Waals surface area contributed by atoms with E-state index in [2.05, 4.69) is 15.0 Å². The fourth-order valence-electron chi connectivity index (χ4n) is 3.75. The number of nitrogens with one attached hydrogen (secondary N) is 1. The molecule has 3 aromatic carbocycles. The summed E-state index contributed by atoms with van der Waals surface area (Å²) in [5, 5.41) is 13.3. The fraction of sp³-hybridized carbons (Fsp3) is 0.103. The van der Waals surface area contributed by atoms with Crippen molar-refractivity contribution in [3.8, 4) is 5.75 Å². The minimum Gasteiger partial charge on any atom is -0.508 e. The lowest BCUT2D eigenvalue weighted by Crippen LogP contribution is -2.15. The Morgan fingerprint density at radius 3 is 2.59 bits per heavy atom. The van der Waals surface area contributed by atoms with Gasteiger partial charge in [0.2, 0.25) is 0 Å². The predicted molar refractivity (Wildman–Crippen MR) is 143 cm³/mol. The van der Waals surface area contributed by atoms with Gasteiger partial charge in [-0.15, -0.1) is 0 Å². The number of amides is 1. The molecule has 186 valence electrons. The molecule has 0 atom stereocenters. The molecule has 0 bridgehead atoms. The summed E-state index contributed by atoms with van der Waals surface area (Å²) in [5.41, 5.74) is 2.56. The summed E-state index contributed by atoms with van der Waals surface area (Å²) >= 11 is 6.39. The Morgan fingerprint density at radius 2 is 1.84 bits per heavy atom. The van der Waals surface area contributed by atoms with Crippen LogP contribution in [0.25, 0.3) is 17.0 Å². The topological polar surface area (TPSA) is 106 Å². The molecule has 4 aromatic rings. The van der Waals surface area contributed by atoms with Crippen molar-refractivity contribution in [3.63, 3.8) is 0 Å². The second-order valence-electron chi connectivity index (χ2n) is 8.22. The number of phenolic OH excluding ortho intramolecular Hbond substituents is 1. The van der Waals surface area contributed by atoms with Gasteiger partial charge in [0.1, 0.15) is 11.6 Å². The number of aryl methyl sites for hydroxylation is 1. The second-order valence-corrected chi connectivity index (χ2v) is 8.62. The number of hydrogen-bond acceptors (Lipinski definition) is 6. The highest BCUT2D eigenvalue weighted by molar-refractivity contribution is 6.34. The van der Waals surface area contributed by atoms with Crippen LogP contribution in [0.5, 0.6) is 5.75 Å². The highest BCUT2D eigenvalue weighted by Crippen LogP contribution is 2.25. The van der Waals surface area contributed by atoms with E-state index in [9.17, 15) is 19.5 Å². The molecule has 1 aromatic heterocycles. The number of anilines is 1. The molecule has 0 aliphatic rings. The van der Waals surface area contributed by atoms with Gasteiger partial charge in [0.05, 0.1) is 23.2 Å². The number of pyridine rings is 1. The van der Waals surface area contributed by atoms with E-state index in [1.54, 1.807) is 30.3 Å². The number of Topliss-reactive ketones (excluding diaryl/α,β-unsaturated/α-hetero) is 1. The van der Waals surface area contributed by atoms with E-state index in [4.69, 9.17) is 11.6 Å². The van der Waals surface area contributed by atoms with Crippen molar-refractivity contribution in [1.82, 2.24) is 4.98 Å². The maximum atomic E-state index is 13.1. The number of rotatable bonds is 8. The Labute approximate surface area is 218 Å². The van der Waals surface area contributed by atoms with Crippen molar-refractivity contribution in [2.45, 2.75) is 12.8 Å². The van der Waals surface area contributed by atoms with E-state index < -0.39 is 11.9 Å². The third-order valence-corrected chi connectivity index (χ3v) is 5.99. The lowest BCUT2D eigenvalue weighted by molar-refractivity contribution is -0.134. The maximum Gasteiger partial charge on any atom is 0.330 e. The number of carbonyl (C=O) groups excluding carboxylic acids is 3. The van der Waals surface area contributed by atoms with Crippen molar-refractivity contribution >= 4 is 52.1 Å². The molecule has 0 aliphatic heterocycles. The number of aromatic hydroxyl groups is 1.